The molecule has 0 spiro atoms. The zero-order chi connectivity index (χ0) is 13.0. The van der Waals surface area contributed by atoms with E-state index in [2.05, 4.69) is 17.1 Å². The van der Waals surface area contributed by atoms with E-state index in [9.17, 15) is 0 Å². The summed E-state index contributed by atoms with van der Waals surface area (Å²) in [6, 6.07) is 6.43. The zero-order valence-corrected chi connectivity index (χ0v) is 11.8. The summed E-state index contributed by atoms with van der Waals surface area (Å²) in [5.74, 6) is 0.924. The maximum absolute atomic E-state index is 6.08. The van der Waals surface area contributed by atoms with Gasteiger partial charge in [-0.15, -0.1) is 0 Å². The number of ether oxygens (including phenoxy) is 1. The molecule has 1 unspecified atom stereocenters. The van der Waals surface area contributed by atoms with Gasteiger partial charge in [-0.25, -0.2) is 0 Å². The summed E-state index contributed by atoms with van der Waals surface area (Å²) in [6.45, 7) is 6.34. The number of piperazine rings is 1. The lowest BCUT2D eigenvalue weighted by molar-refractivity contribution is 0.147. The molecule has 1 aromatic rings. The topological polar surface area (TPSA) is 24.5 Å². The predicted octanol–water partition coefficient (Wildman–Crippen LogP) is 2.53. The van der Waals surface area contributed by atoms with Crippen LogP contribution in [0.25, 0.3) is 0 Å². The van der Waals surface area contributed by atoms with Gasteiger partial charge in [0.05, 0.1) is 7.11 Å². The minimum atomic E-state index is 0.599. The number of methoxy groups -OCH3 is 1. The average Bonchev–Trinajstić information content (AvgIpc) is 2.40. The van der Waals surface area contributed by atoms with Gasteiger partial charge in [-0.05, 0) is 24.6 Å². The lowest BCUT2D eigenvalue weighted by Gasteiger charge is -2.36. The van der Waals surface area contributed by atoms with Gasteiger partial charge in [-0.2, -0.15) is 0 Å². The van der Waals surface area contributed by atoms with Crippen LogP contribution in [0.4, 0.5) is 0 Å². The zero-order valence-electron chi connectivity index (χ0n) is 11.1. The van der Waals surface area contributed by atoms with Gasteiger partial charge in [0.15, 0.2) is 0 Å². The summed E-state index contributed by atoms with van der Waals surface area (Å²) in [5.41, 5.74) is 1.17. The van der Waals surface area contributed by atoms with Crippen molar-refractivity contribution in [3.05, 3.63) is 28.8 Å². The Morgan fingerprint density at radius 1 is 1.50 bits per heavy atom. The Balaban J connectivity index is 2.14. The standard InChI is InChI=1S/C14H21ClN2O/c1-3-13-9-16-6-7-17(13)10-11-8-12(15)4-5-14(11)18-2/h4-5,8,13,16H,3,6-7,9-10H2,1-2H3. The summed E-state index contributed by atoms with van der Waals surface area (Å²) in [5, 5.41) is 4.21. The molecular weight excluding hydrogens is 248 g/mol. The number of nitrogens with one attached hydrogen (secondary N) is 1. The van der Waals surface area contributed by atoms with Crippen LogP contribution in [-0.4, -0.2) is 37.7 Å². The van der Waals surface area contributed by atoms with Crippen molar-refractivity contribution >= 4 is 11.6 Å². The van der Waals surface area contributed by atoms with E-state index in [1.807, 2.05) is 18.2 Å². The Kier molecular flexibility index (Phi) is 4.87. The molecule has 0 radical (unpaired) electrons. The summed E-state index contributed by atoms with van der Waals surface area (Å²) >= 11 is 6.08. The second-order valence-electron chi connectivity index (χ2n) is 4.69. The third-order valence-corrected chi connectivity index (χ3v) is 3.79. The first kappa shape index (κ1) is 13.7. The predicted molar refractivity (Wildman–Crippen MR) is 75.4 cm³/mol. The van der Waals surface area contributed by atoms with Crippen LogP contribution in [0.15, 0.2) is 18.2 Å². The maximum Gasteiger partial charge on any atom is 0.123 e. The molecule has 0 bridgehead atoms. The van der Waals surface area contributed by atoms with Gasteiger partial charge >= 0.3 is 0 Å². The van der Waals surface area contributed by atoms with Gasteiger partial charge in [0, 0.05) is 42.8 Å². The van der Waals surface area contributed by atoms with Gasteiger partial charge in [-0.3, -0.25) is 4.90 Å². The van der Waals surface area contributed by atoms with Gasteiger partial charge in [0.2, 0.25) is 0 Å². The monoisotopic (exact) mass is 268 g/mol. The molecule has 0 amide bonds. The first-order valence-electron chi connectivity index (χ1n) is 6.51. The highest BCUT2D eigenvalue weighted by molar-refractivity contribution is 6.30. The summed E-state index contributed by atoms with van der Waals surface area (Å²) in [7, 11) is 1.71. The van der Waals surface area contributed by atoms with Crippen molar-refractivity contribution in [1.82, 2.24) is 10.2 Å². The molecule has 0 saturated carbocycles. The highest BCUT2D eigenvalue weighted by atomic mass is 35.5. The number of halogens is 1. The van der Waals surface area contributed by atoms with E-state index in [0.717, 1.165) is 43.4 Å². The van der Waals surface area contributed by atoms with Crippen molar-refractivity contribution in [2.45, 2.75) is 25.9 Å². The third kappa shape index (κ3) is 3.16. The molecule has 3 nitrogen and oxygen atoms in total. The van der Waals surface area contributed by atoms with Crippen LogP contribution in [-0.2, 0) is 6.54 Å². The molecule has 1 aromatic carbocycles. The third-order valence-electron chi connectivity index (χ3n) is 3.56. The Morgan fingerprint density at radius 3 is 3.06 bits per heavy atom. The molecule has 1 aliphatic heterocycles. The molecule has 1 N–H and O–H groups in total. The Morgan fingerprint density at radius 2 is 2.33 bits per heavy atom. The fraction of sp³-hybridized carbons (Fsp3) is 0.571. The first-order valence-corrected chi connectivity index (χ1v) is 6.89. The fourth-order valence-electron chi connectivity index (χ4n) is 2.50. The van der Waals surface area contributed by atoms with Crippen molar-refractivity contribution < 1.29 is 4.74 Å². The second-order valence-corrected chi connectivity index (χ2v) is 5.13. The number of rotatable bonds is 4. The number of hydrogen-bond acceptors (Lipinski definition) is 3. The normalized spacial score (nSPS) is 20.9. The lowest BCUT2D eigenvalue weighted by Crippen LogP contribution is -2.50. The Labute approximate surface area is 114 Å². The largest absolute Gasteiger partial charge is 0.496 e. The van der Waals surface area contributed by atoms with Gasteiger partial charge in [-0.1, -0.05) is 18.5 Å². The van der Waals surface area contributed by atoms with Crippen molar-refractivity contribution in [2.24, 2.45) is 0 Å². The van der Waals surface area contributed by atoms with E-state index in [1.165, 1.54) is 5.56 Å². The first-order chi connectivity index (χ1) is 8.74. The lowest BCUT2D eigenvalue weighted by atomic mass is 10.1. The molecule has 1 aliphatic rings. The average molecular weight is 269 g/mol. The molecule has 0 aliphatic carbocycles. The maximum atomic E-state index is 6.08. The van der Waals surface area contributed by atoms with Crippen LogP contribution in [0.2, 0.25) is 5.02 Å². The SMILES string of the molecule is CCC1CNCCN1Cc1cc(Cl)ccc1OC. The Hall–Kier alpha value is -0.770. The summed E-state index contributed by atoms with van der Waals surface area (Å²) < 4.78 is 5.41. The summed E-state index contributed by atoms with van der Waals surface area (Å²) in [6.07, 6.45) is 1.16. The van der Waals surface area contributed by atoms with E-state index in [4.69, 9.17) is 16.3 Å². The highest BCUT2D eigenvalue weighted by Gasteiger charge is 2.21. The van der Waals surface area contributed by atoms with Crippen molar-refractivity contribution in [3.8, 4) is 5.75 Å². The molecule has 0 aromatic heterocycles. The minimum absolute atomic E-state index is 0.599. The van der Waals surface area contributed by atoms with Gasteiger partial charge in [0.1, 0.15) is 5.75 Å². The number of nitrogens with zero attached hydrogens (tertiary/aromatic N) is 1. The molecular formula is C14H21ClN2O. The van der Waals surface area contributed by atoms with Gasteiger partial charge < -0.3 is 10.1 Å². The van der Waals surface area contributed by atoms with Crippen LogP contribution in [0.3, 0.4) is 0 Å². The molecule has 2 rings (SSSR count). The van der Waals surface area contributed by atoms with E-state index in [0.29, 0.717) is 6.04 Å². The molecule has 1 heterocycles. The number of hydrogen-bond donors (Lipinski definition) is 1. The van der Waals surface area contributed by atoms with Crippen LogP contribution < -0.4 is 10.1 Å². The molecule has 1 saturated heterocycles. The fourth-order valence-corrected chi connectivity index (χ4v) is 2.70. The van der Waals surface area contributed by atoms with Crippen molar-refractivity contribution in [1.29, 1.82) is 0 Å². The quantitative estimate of drug-likeness (QED) is 0.908. The van der Waals surface area contributed by atoms with Crippen molar-refractivity contribution in [2.75, 3.05) is 26.7 Å². The molecule has 100 valence electrons. The smallest absolute Gasteiger partial charge is 0.123 e. The summed E-state index contributed by atoms with van der Waals surface area (Å²) in [4.78, 5) is 2.50. The van der Waals surface area contributed by atoms with E-state index < -0.39 is 0 Å². The van der Waals surface area contributed by atoms with Crippen LogP contribution in [0.1, 0.15) is 18.9 Å². The van der Waals surface area contributed by atoms with Gasteiger partial charge in [0.25, 0.3) is 0 Å². The molecule has 1 atom stereocenters. The highest BCUT2D eigenvalue weighted by Crippen LogP contribution is 2.25. The molecule has 1 fully saturated rings. The van der Waals surface area contributed by atoms with Crippen LogP contribution >= 0.6 is 11.6 Å². The Bertz CT molecular complexity index is 397. The van der Waals surface area contributed by atoms with E-state index in [1.54, 1.807) is 7.11 Å². The van der Waals surface area contributed by atoms with Crippen LogP contribution in [0, 0.1) is 0 Å². The van der Waals surface area contributed by atoms with E-state index >= 15 is 0 Å². The minimum Gasteiger partial charge on any atom is -0.496 e. The van der Waals surface area contributed by atoms with Crippen LogP contribution in [0.5, 0.6) is 5.75 Å². The molecule has 18 heavy (non-hydrogen) atoms. The van der Waals surface area contributed by atoms with Crippen molar-refractivity contribution in [3.63, 3.8) is 0 Å². The van der Waals surface area contributed by atoms with E-state index in [-0.39, 0.29) is 0 Å². The second kappa shape index (κ2) is 6.41. The number of benzene rings is 1. The molecule has 4 heteroatoms.